The lowest BCUT2D eigenvalue weighted by atomic mass is 10.3. The van der Waals surface area contributed by atoms with E-state index in [4.69, 9.17) is 4.74 Å². The SMILES string of the molecule is COC(=O)C(C)Oc1nn(-c2ccccc2F)c(-c2ncc(F)cn2)c1Br. The van der Waals surface area contributed by atoms with Gasteiger partial charge in [-0.1, -0.05) is 12.1 Å². The van der Waals surface area contributed by atoms with Crippen LogP contribution in [0.15, 0.2) is 41.1 Å². The third-order valence-corrected chi connectivity index (χ3v) is 4.25. The molecule has 2 aromatic heterocycles. The van der Waals surface area contributed by atoms with Crippen molar-refractivity contribution in [3.8, 4) is 23.1 Å². The highest BCUT2D eigenvalue weighted by molar-refractivity contribution is 9.10. The average Bonchev–Trinajstić information content (AvgIpc) is 2.98. The molecule has 0 aliphatic heterocycles. The summed E-state index contributed by atoms with van der Waals surface area (Å²) in [6, 6.07) is 5.91. The van der Waals surface area contributed by atoms with E-state index >= 15 is 0 Å². The number of halogens is 3. The molecule has 0 fully saturated rings. The Bertz CT molecular complexity index is 979. The van der Waals surface area contributed by atoms with Gasteiger partial charge in [-0.15, -0.1) is 5.10 Å². The second kappa shape index (κ2) is 7.78. The molecule has 0 aliphatic rings. The van der Waals surface area contributed by atoms with Gasteiger partial charge in [-0.3, -0.25) is 0 Å². The number of rotatable bonds is 5. The van der Waals surface area contributed by atoms with Crippen molar-refractivity contribution in [2.24, 2.45) is 0 Å². The van der Waals surface area contributed by atoms with Crippen LogP contribution in [0.5, 0.6) is 5.88 Å². The Morgan fingerprint density at radius 2 is 1.89 bits per heavy atom. The van der Waals surface area contributed by atoms with Crippen LogP contribution in [-0.4, -0.2) is 38.9 Å². The molecule has 0 spiro atoms. The fraction of sp³-hybridized carbons (Fsp3) is 0.176. The molecular weight excluding hydrogens is 426 g/mol. The lowest BCUT2D eigenvalue weighted by Gasteiger charge is -2.10. The van der Waals surface area contributed by atoms with Gasteiger partial charge in [-0.05, 0) is 35.0 Å². The molecule has 0 saturated heterocycles. The largest absolute Gasteiger partial charge is 0.466 e. The first-order chi connectivity index (χ1) is 12.9. The molecule has 7 nitrogen and oxygen atoms in total. The van der Waals surface area contributed by atoms with Crippen molar-refractivity contribution in [2.45, 2.75) is 13.0 Å². The molecule has 3 rings (SSSR count). The van der Waals surface area contributed by atoms with Gasteiger partial charge < -0.3 is 9.47 Å². The highest BCUT2D eigenvalue weighted by atomic mass is 79.9. The highest BCUT2D eigenvalue weighted by Crippen LogP contribution is 2.36. The van der Waals surface area contributed by atoms with Crippen molar-refractivity contribution >= 4 is 21.9 Å². The van der Waals surface area contributed by atoms with Crippen molar-refractivity contribution in [1.29, 1.82) is 0 Å². The number of aromatic nitrogens is 4. The zero-order valence-electron chi connectivity index (χ0n) is 14.2. The van der Waals surface area contributed by atoms with E-state index in [0.717, 1.165) is 12.4 Å². The number of carbonyl (C=O) groups excluding carboxylic acids is 1. The molecule has 2 heterocycles. The Morgan fingerprint density at radius 1 is 1.22 bits per heavy atom. The van der Waals surface area contributed by atoms with E-state index < -0.39 is 23.7 Å². The molecule has 0 saturated carbocycles. The molecule has 0 N–H and O–H groups in total. The van der Waals surface area contributed by atoms with Gasteiger partial charge in [0.2, 0.25) is 5.88 Å². The molecule has 0 amide bonds. The molecule has 1 atom stereocenters. The van der Waals surface area contributed by atoms with Crippen LogP contribution in [0.1, 0.15) is 6.92 Å². The molecule has 3 aromatic rings. The molecule has 0 radical (unpaired) electrons. The zero-order chi connectivity index (χ0) is 19.6. The van der Waals surface area contributed by atoms with Crippen molar-refractivity contribution < 1.29 is 23.0 Å². The van der Waals surface area contributed by atoms with Gasteiger partial charge in [0.1, 0.15) is 21.7 Å². The fourth-order valence-corrected chi connectivity index (χ4v) is 2.78. The predicted molar refractivity (Wildman–Crippen MR) is 94.3 cm³/mol. The number of benzene rings is 1. The Kier molecular flexibility index (Phi) is 5.45. The van der Waals surface area contributed by atoms with Gasteiger partial charge in [-0.2, -0.15) is 0 Å². The maximum atomic E-state index is 14.3. The summed E-state index contributed by atoms with van der Waals surface area (Å²) in [6.45, 7) is 1.48. The minimum atomic E-state index is -0.961. The van der Waals surface area contributed by atoms with Crippen LogP contribution in [0.4, 0.5) is 8.78 Å². The Balaban J connectivity index is 2.16. The summed E-state index contributed by atoms with van der Waals surface area (Å²) < 4.78 is 39.2. The van der Waals surface area contributed by atoms with Crippen molar-refractivity contribution in [1.82, 2.24) is 19.7 Å². The fourth-order valence-electron chi connectivity index (χ4n) is 2.26. The first kappa shape index (κ1) is 18.9. The Hall–Kier alpha value is -2.88. The van der Waals surface area contributed by atoms with Gasteiger partial charge in [-0.25, -0.2) is 28.2 Å². The van der Waals surface area contributed by atoms with Gasteiger partial charge >= 0.3 is 5.97 Å². The quantitative estimate of drug-likeness (QED) is 0.568. The average molecular weight is 439 g/mol. The van der Waals surface area contributed by atoms with E-state index in [1.165, 1.54) is 36.9 Å². The van der Waals surface area contributed by atoms with E-state index in [0.29, 0.717) is 0 Å². The van der Waals surface area contributed by atoms with E-state index in [-0.39, 0.29) is 27.6 Å². The first-order valence-electron chi connectivity index (χ1n) is 7.68. The maximum Gasteiger partial charge on any atom is 0.346 e. The van der Waals surface area contributed by atoms with Crippen LogP contribution in [0, 0.1) is 11.6 Å². The standard InChI is InChI=1S/C17H13BrF2N4O3/c1-9(17(25)26-2)27-16-13(18)14(15-21-7-10(19)8-22-15)24(23-16)12-6-4-3-5-11(12)20/h3-9H,1-2H3. The van der Waals surface area contributed by atoms with E-state index in [9.17, 15) is 13.6 Å². The number of hydrogen-bond acceptors (Lipinski definition) is 6. The van der Waals surface area contributed by atoms with Gasteiger partial charge in [0.15, 0.2) is 17.7 Å². The number of carbonyl (C=O) groups is 1. The first-order valence-corrected chi connectivity index (χ1v) is 8.47. The number of nitrogens with zero attached hydrogens (tertiary/aromatic N) is 4. The molecule has 140 valence electrons. The van der Waals surface area contributed by atoms with Crippen LogP contribution >= 0.6 is 15.9 Å². The third kappa shape index (κ3) is 3.80. The van der Waals surface area contributed by atoms with E-state index in [2.05, 4.69) is 35.7 Å². The van der Waals surface area contributed by atoms with Gasteiger partial charge in [0, 0.05) is 0 Å². The molecule has 27 heavy (non-hydrogen) atoms. The predicted octanol–water partition coefficient (Wildman–Crippen LogP) is 3.31. The monoisotopic (exact) mass is 438 g/mol. The number of para-hydroxylation sites is 1. The third-order valence-electron chi connectivity index (χ3n) is 3.53. The Morgan fingerprint density at radius 3 is 2.52 bits per heavy atom. The summed E-state index contributed by atoms with van der Waals surface area (Å²) >= 11 is 3.32. The lowest BCUT2D eigenvalue weighted by Crippen LogP contribution is -2.25. The normalized spacial score (nSPS) is 11.9. The second-order valence-electron chi connectivity index (χ2n) is 5.34. The topological polar surface area (TPSA) is 79.1 Å². The summed E-state index contributed by atoms with van der Waals surface area (Å²) in [6.07, 6.45) is 0.994. The highest BCUT2D eigenvalue weighted by Gasteiger charge is 2.26. The molecule has 0 aliphatic carbocycles. The van der Waals surface area contributed by atoms with E-state index in [1.807, 2.05) is 0 Å². The second-order valence-corrected chi connectivity index (χ2v) is 6.13. The molecule has 0 bridgehead atoms. The zero-order valence-corrected chi connectivity index (χ0v) is 15.8. The summed E-state index contributed by atoms with van der Waals surface area (Å²) in [7, 11) is 1.23. The number of hydrogen-bond donors (Lipinski definition) is 0. The molecule has 1 aromatic carbocycles. The van der Waals surface area contributed by atoms with Gasteiger partial charge in [0.25, 0.3) is 0 Å². The van der Waals surface area contributed by atoms with Gasteiger partial charge in [0.05, 0.1) is 19.5 Å². The van der Waals surface area contributed by atoms with Crippen LogP contribution < -0.4 is 4.74 Å². The molecule has 1 unspecified atom stereocenters. The lowest BCUT2D eigenvalue weighted by molar-refractivity contribution is -0.148. The molecule has 10 heteroatoms. The molecular formula is C17H13BrF2N4O3. The summed E-state index contributed by atoms with van der Waals surface area (Å²) in [5.41, 5.74) is 0.328. The van der Waals surface area contributed by atoms with Crippen molar-refractivity contribution in [3.63, 3.8) is 0 Å². The number of methoxy groups -OCH3 is 1. The van der Waals surface area contributed by atoms with Crippen molar-refractivity contribution in [3.05, 3.63) is 52.8 Å². The van der Waals surface area contributed by atoms with Crippen LogP contribution in [-0.2, 0) is 9.53 Å². The minimum Gasteiger partial charge on any atom is -0.466 e. The maximum absolute atomic E-state index is 14.3. The summed E-state index contributed by atoms with van der Waals surface area (Å²) in [5, 5.41) is 4.22. The Labute approximate surface area is 161 Å². The van der Waals surface area contributed by atoms with Crippen LogP contribution in [0.2, 0.25) is 0 Å². The van der Waals surface area contributed by atoms with Crippen LogP contribution in [0.3, 0.4) is 0 Å². The number of esters is 1. The summed E-state index contributed by atoms with van der Waals surface area (Å²) in [5.74, 6) is -1.70. The van der Waals surface area contributed by atoms with Crippen LogP contribution in [0.25, 0.3) is 17.2 Å². The summed E-state index contributed by atoms with van der Waals surface area (Å²) in [4.78, 5) is 19.5. The smallest absolute Gasteiger partial charge is 0.346 e. The minimum absolute atomic E-state index is 0.000854. The number of ether oxygens (including phenoxy) is 2. The van der Waals surface area contributed by atoms with E-state index in [1.54, 1.807) is 6.07 Å². The van der Waals surface area contributed by atoms with Crippen molar-refractivity contribution in [2.75, 3.05) is 7.11 Å².